The summed E-state index contributed by atoms with van der Waals surface area (Å²) in [5, 5.41) is 2.68. The van der Waals surface area contributed by atoms with Gasteiger partial charge in [-0.3, -0.25) is 4.79 Å². The molecular weight excluding hydrogens is 481 g/mol. The lowest BCUT2D eigenvalue weighted by Gasteiger charge is -2.28. The summed E-state index contributed by atoms with van der Waals surface area (Å²) >= 11 is 0. The van der Waals surface area contributed by atoms with E-state index in [9.17, 15) is 14.0 Å². The number of amides is 2. The zero-order valence-electron chi connectivity index (χ0n) is 21.9. The molecule has 1 aliphatic heterocycles. The molecule has 4 rings (SSSR count). The Hall–Kier alpha value is -3.96. The molecule has 12 heteroatoms. The fraction of sp³-hybridized carbons (Fsp3) is 0.480. The highest BCUT2D eigenvalue weighted by Crippen LogP contribution is 2.25. The van der Waals surface area contributed by atoms with Crippen molar-refractivity contribution in [3.63, 3.8) is 0 Å². The highest BCUT2D eigenvalue weighted by Gasteiger charge is 2.32. The molecule has 1 fully saturated rings. The van der Waals surface area contributed by atoms with Crippen LogP contribution in [0, 0.1) is 12.7 Å². The molecular formula is C25H32FN7O4. The number of hydrogen-bond donors (Lipinski definition) is 1. The minimum atomic E-state index is -0.579. The third kappa shape index (κ3) is 5.89. The van der Waals surface area contributed by atoms with Gasteiger partial charge in [-0.05, 0) is 41.0 Å². The van der Waals surface area contributed by atoms with Crippen molar-refractivity contribution < 1.29 is 23.5 Å². The quantitative estimate of drug-likeness (QED) is 0.531. The normalized spacial score (nSPS) is 15.6. The number of imidazole rings is 1. The number of aromatic nitrogens is 4. The molecule has 1 atom stereocenters. The number of carbonyl (C=O) groups is 2. The summed E-state index contributed by atoms with van der Waals surface area (Å²) in [6, 6.07) is 1.13. The van der Waals surface area contributed by atoms with Crippen molar-refractivity contribution in [1.82, 2.24) is 24.3 Å². The van der Waals surface area contributed by atoms with Crippen LogP contribution < -0.4 is 15.0 Å². The Morgan fingerprint density at radius 2 is 2.03 bits per heavy atom. The fourth-order valence-electron chi connectivity index (χ4n) is 4.08. The van der Waals surface area contributed by atoms with Crippen molar-refractivity contribution in [3.05, 3.63) is 41.7 Å². The molecule has 0 aliphatic carbocycles. The number of likely N-dealkylation sites (N-methyl/N-ethyl adjacent to an activating group) is 1. The zero-order valence-corrected chi connectivity index (χ0v) is 21.9. The van der Waals surface area contributed by atoms with Crippen LogP contribution in [0.4, 0.5) is 20.8 Å². The van der Waals surface area contributed by atoms with Crippen molar-refractivity contribution in [2.24, 2.45) is 0 Å². The average molecular weight is 514 g/mol. The highest BCUT2D eigenvalue weighted by atomic mass is 19.1. The van der Waals surface area contributed by atoms with E-state index in [1.165, 1.54) is 16.7 Å². The van der Waals surface area contributed by atoms with Crippen LogP contribution in [0.5, 0.6) is 5.88 Å². The monoisotopic (exact) mass is 513 g/mol. The maximum absolute atomic E-state index is 14.4. The number of carbonyl (C=O) groups excluding carboxylic acids is 2. The molecule has 0 bridgehead atoms. The molecule has 1 saturated heterocycles. The van der Waals surface area contributed by atoms with Crippen molar-refractivity contribution in [1.29, 1.82) is 0 Å². The third-order valence-electron chi connectivity index (χ3n) is 5.83. The molecule has 0 saturated carbocycles. The van der Waals surface area contributed by atoms with Crippen LogP contribution >= 0.6 is 0 Å². The Morgan fingerprint density at radius 3 is 2.73 bits per heavy atom. The largest absolute Gasteiger partial charge is 0.477 e. The molecule has 0 unspecified atom stereocenters. The van der Waals surface area contributed by atoms with Gasteiger partial charge in [0.1, 0.15) is 11.2 Å². The summed E-state index contributed by atoms with van der Waals surface area (Å²) in [6.45, 7) is 10.5. The maximum atomic E-state index is 14.4. The van der Waals surface area contributed by atoms with Crippen LogP contribution in [0.2, 0.25) is 0 Å². The summed E-state index contributed by atoms with van der Waals surface area (Å²) < 4.78 is 27.1. The first-order valence-corrected chi connectivity index (χ1v) is 12.1. The van der Waals surface area contributed by atoms with Crippen LogP contribution in [-0.2, 0) is 4.74 Å². The minimum Gasteiger partial charge on any atom is -0.477 e. The topological polar surface area (TPSA) is 114 Å². The van der Waals surface area contributed by atoms with Crippen LogP contribution in [0.1, 0.15) is 50.2 Å². The molecule has 3 aromatic rings. The van der Waals surface area contributed by atoms with Crippen molar-refractivity contribution >= 4 is 29.3 Å². The van der Waals surface area contributed by atoms with E-state index in [1.807, 2.05) is 25.7 Å². The van der Waals surface area contributed by atoms with E-state index < -0.39 is 17.3 Å². The van der Waals surface area contributed by atoms with Gasteiger partial charge in [-0.15, -0.1) is 0 Å². The lowest BCUT2D eigenvalue weighted by atomic mass is 10.2. The summed E-state index contributed by atoms with van der Waals surface area (Å²) in [4.78, 5) is 42.0. The van der Waals surface area contributed by atoms with Crippen molar-refractivity contribution in [2.45, 2.75) is 52.7 Å². The van der Waals surface area contributed by atoms with Crippen LogP contribution in [0.15, 0.2) is 24.7 Å². The van der Waals surface area contributed by atoms with E-state index >= 15 is 0 Å². The lowest BCUT2D eigenvalue weighted by Crippen LogP contribution is -2.42. The fourth-order valence-corrected chi connectivity index (χ4v) is 4.08. The van der Waals surface area contributed by atoms with Crippen molar-refractivity contribution in [2.75, 3.05) is 37.0 Å². The number of nitrogens with zero attached hydrogens (tertiary/aromatic N) is 6. The first-order chi connectivity index (χ1) is 17.4. The second-order valence-corrected chi connectivity index (χ2v) is 9.95. The van der Waals surface area contributed by atoms with Gasteiger partial charge in [-0.25, -0.2) is 19.2 Å². The van der Waals surface area contributed by atoms with E-state index in [0.29, 0.717) is 31.2 Å². The second kappa shape index (κ2) is 10.2. The predicted molar refractivity (Wildman–Crippen MR) is 136 cm³/mol. The van der Waals surface area contributed by atoms with Gasteiger partial charge in [0.05, 0.1) is 24.0 Å². The number of aryl methyl sites for hydroxylation is 1. The van der Waals surface area contributed by atoms with E-state index in [4.69, 9.17) is 9.47 Å². The standard InChI is InChI=1S/C25H32FN7O4/c1-7-36-22-18(21(34)29-16-10-19(26)20-28-15(2)12-33(20)13-16)11-27-23(30-22)32-9-8-17(14-32)31(6)24(35)37-25(3,4)5/h10-13,17H,7-9,14H2,1-6H3,(H,29,34)/t17-/m1/s1. The Balaban J connectivity index is 1.49. The predicted octanol–water partition coefficient (Wildman–Crippen LogP) is 3.67. The molecule has 0 aromatic carbocycles. The Bertz CT molecular complexity index is 1320. The second-order valence-electron chi connectivity index (χ2n) is 9.95. The third-order valence-corrected chi connectivity index (χ3v) is 5.83. The molecule has 198 valence electrons. The molecule has 0 spiro atoms. The van der Waals surface area contributed by atoms with E-state index in [-0.39, 0.29) is 41.5 Å². The lowest BCUT2D eigenvalue weighted by molar-refractivity contribution is 0.0237. The molecule has 0 radical (unpaired) electrons. The molecule has 2 amide bonds. The van der Waals surface area contributed by atoms with E-state index in [1.54, 1.807) is 38.2 Å². The zero-order chi connectivity index (χ0) is 26.9. The Morgan fingerprint density at radius 1 is 1.27 bits per heavy atom. The molecule has 1 aliphatic rings. The number of rotatable bonds is 6. The van der Waals surface area contributed by atoms with Crippen LogP contribution in [-0.4, -0.2) is 74.6 Å². The SMILES string of the molecule is CCOc1nc(N2CC[C@@H](N(C)C(=O)OC(C)(C)C)C2)ncc1C(=O)Nc1cc(F)c2nc(C)cn2c1. The van der Waals surface area contributed by atoms with Gasteiger partial charge in [-0.1, -0.05) is 0 Å². The van der Waals surface area contributed by atoms with Gasteiger partial charge in [0.25, 0.3) is 5.91 Å². The molecule has 37 heavy (non-hydrogen) atoms. The summed E-state index contributed by atoms with van der Waals surface area (Å²) in [6.07, 6.45) is 4.97. The van der Waals surface area contributed by atoms with Crippen molar-refractivity contribution in [3.8, 4) is 5.88 Å². The number of pyridine rings is 1. The van der Waals surface area contributed by atoms with E-state index in [2.05, 4.69) is 20.3 Å². The van der Waals surface area contributed by atoms with Gasteiger partial charge in [0.15, 0.2) is 11.5 Å². The van der Waals surface area contributed by atoms with Gasteiger partial charge in [-0.2, -0.15) is 4.98 Å². The average Bonchev–Trinajstić information content (AvgIpc) is 3.44. The van der Waals surface area contributed by atoms with Gasteiger partial charge in [0.2, 0.25) is 11.8 Å². The van der Waals surface area contributed by atoms with Gasteiger partial charge >= 0.3 is 6.09 Å². The smallest absolute Gasteiger partial charge is 0.410 e. The first-order valence-electron chi connectivity index (χ1n) is 12.1. The Kier molecular flexibility index (Phi) is 7.19. The molecule has 3 aromatic heterocycles. The number of hydrogen-bond acceptors (Lipinski definition) is 8. The maximum Gasteiger partial charge on any atom is 0.410 e. The van der Waals surface area contributed by atoms with Gasteiger partial charge < -0.3 is 29.0 Å². The molecule has 11 nitrogen and oxygen atoms in total. The molecule has 4 heterocycles. The van der Waals surface area contributed by atoms with Crippen LogP contribution in [0.3, 0.4) is 0 Å². The number of fused-ring (bicyclic) bond motifs is 1. The highest BCUT2D eigenvalue weighted by molar-refractivity contribution is 6.05. The van der Waals surface area contributed by atoms with Crippen LogP contribution in [0.25, 0.3) is 5.65 Å². The Labute approximate surface area is 214 Å². The number of anilines is 2. The van der Waals surface area contributed by atoms with E-state index in [0.717, 1.165) is 0 Å². The summed E-state index contributed by atoms with van der Waals surface area (Å²) in [5.41, 5.74) is 0.636. The number of halogens is 1. The minimum absolute atomic E-state index is 0.0754. The summed E-state index contributed by atoms with van der Waals surface area (Å²) in [7, 11) is 1.72. The number of ether oxygens (including phenoxy) is 2. The number of nitrogens with one attached hydrogen (secondary N) is 1. The summed E-state index contributed by atoms with van der Waals surface area (Å²) in [5.74, 6) is -0.576. The van der Waals surface area contributed by atoms with Gasteiger partial charge in [0, 0.05) is 44.8 Å². The molecule has 1 N–H and O–H groups in total. The first kappa shape index (κ1) is 26.1.